The summed E-state index contributed by atoms with van der Waals surface area (Å²) in [6.45, 7) is 0. The molecule has 1 N–H and O–H groups in total. The average Bonchev–Trinajstić information content (AvgIpc) is 1.98. The van der Waals surface area contributed by atoms with Gasteiger partial charge in [-0.2, -0.15) is 0 Å². The zero-order valence-electron chi connectivity index (χ0n) is 6.14. The monoisotopic (exact) mass is 239 g/mol. The highest BCUT2D eigenvalue weighted by Gasteiger charge is 2.08. The van der Waals surface area contributed by atoms with Crippen LogP contribution in [0.3, 0.4) is 0 Å². The number of rotatable bonds is 1. The minimum atomic E-state index is -1.07. The molecule has 6 heteroatoms. The fourth-order valence-electron chi connectivity index (χ4n) is 0.751. The molecule has 0 aliphatic rings. The zero-order valence-corrected chi connectivity index (χ0v) is 8.61. The molecule has 1 nitrogen and oxygen atoms in total. The van der Waals surface area contributed by atoms with Crippen molar-refractivity contribution >= 4 is 46.5 Å². The van der Waals surface area contributed by atoms with Crippen molar-refractivity contribution in [3.05, 3.63) is 28.8 Å². The maximum atomic E-state index is 12.7. The maximum Gasteiger partial charge on any atom is 0.177 e. The van der Waals surface area contributed by atoms with Crippen LogP contribution in [0.1, 0.15) is 0 Å². The summed E-state index contributed by atoms with van der Waals surface area (Å²) in [4.78, 5) is 0. The van der Waals surface area contributed by atoms with E-state index in [2.05, 4.69) is 30.2 Å². The summed E-state index contributed by atoms with van der Waals surface area (Å²) < 4.78 is 25.5. The smallest absolute Gasteiger partial charge is 0.177 e. The third-order valence-electron chi connectivity index (χ3n) is 1.24. The molecule has 0 aromatic heterocycles. The second-order valence-corrected chi connectivity index (χ2v) is 3.75. The highest BCUT2D eigenvalue weighted by molar-refractivity contribution is 8.11. The molecule has 1 aromatic rings. The van der Waals surface area contributed by atoms with Gasteiger partial charge in [-0.15, -0.1) is 12.6 Å². The zero-order chi connectivity index (χ0) is 10.0. The minimum Gasteiger partial charge on any atom is -0.341 e. The molecule has 0 aliphatic heterocycles. The maximum absolute atomic E-state index is 12.7. The number of anilines is 1. The van der Waals surface area contributed by atoms with Crippen molar-refractivity contribution in [3.8, 4) is 0 Å². The Morgan fingerprint density at radius 3 is 2.54 bits per heavy atom. The van der Waals surface area contributed by atoms with Crippen LogP contribution in [0.15, 0.2) is 12.1 Å². The van der Waals surface area contributed by atoms with E-state index in [9.17, 15) is 8.78 Å². The molecule has 0 spiro atoms. The first-order chi connectivity index (χ1) is 6.00. The van der Waals surface area contributed by atoms with Gasteiger partial charge in [0.25, 0.3) is 0 Å². The molecule has 1 aromatic carbocycles. The van der Waals surface area contributed by atoms with Gasteiger partial charge in [0.05, 0.1) is 5.02 Å². The van der Waals surface area contributed by atoms with Crippen molar-refractivity contribution in [1.82, 2.24) is 0 Å². The first-order valence-electron chi connectivity index (χ1n) is 3.15. The molecular weight excluding hydrogens is 236 g/mol. The lowest BCUT2D eigenvalue weighted by Crippen LogP contribution is -2.01. The van der Waals surface area contributed by atoms with Crippen LogP contribution < -0.4 is 5.32 Å². The van der Waals surface area contributed by atoms with Gasteiger partial charge in [-0.1, -0.05) is 23.8 Å². The van der Waals surface area contributed by atoms with E-state index in [1.165, 1.54) is 6.07 Å². The van der Waals surface area contributed by atoms with Gasteiger partial charge in [0.2, 0.25) is 0 Å². The van der Waals surface area contributed by atoms with Crippen LogP contribution in [0.4, 0.5) is 14.5 Å². The fraction of sp³-hybridized carbons (Fsp3) is 0. The van der Waals surface area contributed by atoms with Crippen LogP contribution >= 0.6 is 36.4 Å². The quantitative estimate of drug-likeness (QED) is 0.443. The SMILES string of the molecule is Fc1cc(NC(=S)S)cc(Cl)c1F. The lowest BCUT2D eigenvalue weighted by Gasteiger charge is -2.04. The van der Waals surface area contributed by atoms with Crippen molar-refractivity contribution in [1.29, 1.82) is 0 Å². The van der Waals surface area contributed by atoms with E-state index >= 15 is 0 Å². The van der Waals surface area contributed by atoms with Gasteiger partial charge < -0.3 is 5.32 Å². The molecule has 0 aliphatic carbocycles. The molecule has 0 fully saturated rings. The van der Waals surface area contributed by atoms with E-state index in [1.54, 1.807) is 0 Å². The van der Waals surface area contributed by atoms with Gasteiger partial charge in [-0.3, -0.25) is 0 Å². The van der Waals surface area contributed by atoms with Crippen LogP contribution in [0.5, 0.6) is 0 Å². The second kappa shape index (κ2) is 4.21. The first kappa shape index (κ1) is 10.7. The summed E-state index contributed by atoms with van der Waals surface area (Å²) in [6.07, 6.45) is 0. The van der Waals surface area contributed by atoms with E-state index in [-0.39, 0.29) is 15.0 Å². The second-order valence-electron chi connectivity index (χ2n) is 2.18. The lowest BCUT2D eigenvalue weighted by atomic mass is 10.3. The average molecular weight is 240 g/mol. The Morgan fingerprint density at radius 2 is 2.08 bits per heavy atom. The van der Waals surface area contributed by atoms with Crippen LogP contribution in [-0.4, -0.2) is 4.32 Å². The Hall–Kier alpha value is -0.390. The van der Waals surface area contributed by atoms with Crippen LogP contribution in [-0.2, 0) is 0 Å². The Morgan fingerprint density at radius 1 is 1.46 bits per heavy atom. The van der Waals surface area contributed by atoms with Gasteiger partial charge in [0.15, 0.2) is 11.6 Å². The van der Waals surface area contributed by atoms with Crippen molar-refractivity contribution in [3.63, 3.8) is 0 Å². The van der Waals surface area contributed by atoms with E-state index in [1.807, 2.05) is 0 Å². The summed E-state index contributed by atoms with van der Waals surface area (Å²) in [5.74, 6) is -2.10. The Balaban J connectivity index is 3.06. The first-order valence-corrected chi connectivity index (χ1v) is 4.38. The van der Waals surface area contributed by atoms with Crippen LogP contribution in [0, 0.1) is 11.6 Å². The third kappa shape index (κ3) is 2.79. The van der Waals surface area contributed by atoms with E-state index < -0.39 is 11.6 Å². The summed E-state index contributed by atoms with van der Waals surface area (Å²) in [5, 5.41) is 2.22. The van der Waals surface area contributed by atoms with E-state index in [4.69, 9.17) is 11.6 Å². The Kier molecular flexibility index (Phi) is 3.47. The fourth-order valence-corrected chi connectivity index (χ4v) is 1.21. The predicted molar refractivity (Wildman–Crippen MR) is 56.6 cm³/mol. The molecule has 0 bridgehead atoms. The molecule has 0 saturated heterocycles. The van der Waals surface area contributed by atoms with Crippen molar-refractivity contribution in [2.45, 2.75) is 0 Å². The summed E-state index contributed by atoms with van der Waals surface area (Å²) in [6, 6.07) is 2.17. The largest absolute Gasteiger partial charge is 0.341 e. The van der Waals surface area contributed by atoms with Gasteiger partial charge >= 0.3 is 0 Å². The van der Waals surface area contributed by atoms with Crippen molar-refractivity contribution < 1.29 is 8.78 Å². The summed E-state index contributed by atoms with van der Waals surface area (Å²) >= 11 is 13.7. The number of thiocarbonyl (C=S) groups is 1. The number of nitrogens with one attached hydrogen (secondary N) is 1. The van der Waals surface area contributed by atoms with E-state index in [0.29, 0.717) is 0 Å². The molecule has 0 unspecified atom stereocenters. The van der Waals surface area contributed by atoms with Crippen LogP contribution in [0.25, 0.3) is 0 Å². The van der Waals surface area contributed by atoms with Crippen LogP contribution in [0.2, 0.25) is 5.02 Å². The molecule has 0 radical (unpaired) electrons. The van der Waals surface area contributed by atoms with Gasteiger partial charge in [0, 0.05) is 11.8 Å². The third-order valence-corrected chi connectivity index (χ3v) is 1.72. The number of halogens is 3. The van der Waals surface area contributed by atoms with Gasteiger partial charge in [-0.25, -0.2) is 8.78 Å². The molecule has 0 heterocycles. The Bertz CT molecular complexity index is 333. The van der Waals surface area contributed by atoms with Gasteiger partial charge in [-0.05, 0) is 6.07 Å². The summed E-state index contributed by atoms with van der Waals surface area (Å²) in [5.41, 5.74) is 0.268. The Labute approximate surface area is 89.5 Å². The minimum absolute atomic E-state index is 0.155. The molecule has 13 heavy (non-hydrogen) atoms. The number of hydrogen-bond donors (Lipinski definition) is 2. The predicted octanol–water partition coefficient (Wildman–Crippen LogP) is 3.24. The molecule has 0 atom stereocenters. The molecule has 0 saturated carbocycles. The molecule has 70 valence electrons. The lowest BCUT2D eigenvalue weighted by molar-refractivity contribution is 0.509. The van der Waals surface area contributed by atoms with Gasteiger partial charge in [0.1, 0.15) is 4.32 Å². The van der Waals surface area contributed by atoms with Crippen molar-refractivity contribution in [2.75, 3.05) is 5.32 Å². The summed E-state index contributed by atoms with van der Waals surface area (Å²) in [7, 11) is 0. The van der Waals surface area contributed by atoms with E-state index in [0.717, 1.165) is 6.07 Å². The molecule has 0 amide bonds. The topological polar surface area (TPSA) is 12.0 Å². The normalized spacial score (nSPS) is 9.85. The number of hydrogen-bond acceptors (Lipinski definition) is 1. The standard InChI is InChI=1S/C7H4ClF2NS2/c8-4-1-3(11-7(12)13)2-5(9)6(4)10/h1-2H,(H2,11,12,13). The highest BCUT2D eigenvalue weighted by Crippen LogP contribution is 2.22. The number of benzene rings is 1. The van der Waals surface area contributed by atoms with Crippen molar-refractivity contribution in [2.24, 2.45) is 0 Å². The highest BCUT2D eigenvalue weighted by atomic mass is 35.5. The molecular formula is C7H4ClF2NS2. The number of thiol groups is 1. The molecule has 1 rings (SSSR count).